The van der Waals surface area contributed by atoms with E-state index in [1.165, 1.54) is 12.0 Å². The van der Waals surface area contributed by atoms with Crippen LogP contribution in [-0.2, 0) is 16.1 Å². The molecular formula is C17H20N4O4. The van der Waals surface area contributed by atoms with Crippen molar-refractivity contribution in [2.24, 2.45) is 0 Å². The van der Waals surface area contributed by atoms with Gasteiger partial charge in [0.25, 0.3) is 0 Å². The highest BCUT2D eigenvalue weighted by Gasteiger charge is 2.27. The van der Waals surface area contributed by atoms with Crippen LogP contribution in [0.5, 0.6) is 11.5 Å². The number of anilines is 2. The summed E-state index contributed by atoms with van der Waals surface area (Å²) in [5.41, 5.74) is 1.38. The summed E-state index contributed by atoms with van der Waals surface area (Å²) in [5, 5.41) is 7.10. The number of carbonyl (C=O) groups is 2. The van der Waals surface area contributed by atoms with Crippen LogP contribution in [0.3, 0.4) is 0 Å². The SMILES string of the molecule is COc1ccc(NC(=O)CN2C(=O)CCn3nc(C)cc32)cc1OC. The van der Waals surface area contributed by atoms with Gasteiger partial charge in [-0.2, -0.15) is 5.10 Å². The Bertz CT molecular complexity index is 815. The molecule has 2 amide bonds. The Balaban J connectivity index is 1.73. The lowest BCUT2D eigenvalue weighted by Crippen LogP contribution is -2.42. The lowest BCUT2D eigenvalue weighted by atomic mass is 10.2. The second-order valence-corrected chi connectivity index (χ2v) is 5.71. The predicted octanol–water partition coefficient (Wildman–Crippen LogP) is 1.58. The number of hydrogen-bond donors (Lipinski definition) is 1. The molecule has 1 aliphatic rings. The Hall–Kier alpha value is -3.03. The first-order valence-electron chi connectivity index (χ1n) is 7.88. The van der Waals surface area contributed by atoms with Gasteiger partial charge in [-0.05, 0) is 19.1 Å². The molecule has 0 fully saturated rings. The zero-order valence-corrected chi connectivity index (χ0v) is 14.4. The van der Waals surface area contributed by atoms with Gasteiger partial charge in [-0.15, -0.1) is 0 Å². The summed E-state index contributed by atoms with van der Waals surface area (Å²) >= 11 is 0. The fraction of sp³-hybridized carbons (Fsp3) is 0.353. The Labute approximate surface area is 145 Å². The molecule has 0 unspecified atom stereocenters. The number of fused-ring (bicyclic) bond motifs is 1. The Kier molecular flexibility index (Phi) is 4.60. The molecule has 1 N–H and O–H groups in total. The summed E-state index contributed by atoms with van der Waals surface area (Å²) in [5.74, 6) is 1.35. The van der Waals surface area contributed by atoms with E-state index in [0.717, 1.165) is 5.69 Å². The molecule has 0 radical (unpaired) electrons. The van der Waals surface area contributed by atoms with Gasteiger partial charge in [0, 0.05) is 24.2 Å². The average molecular weight is 344 g/mol. The lowest BCUT2D eigenvalue weighted by Gasteiger charge is -2.26. The van der Waals surface area contributed by atoms with Gasteiger partial charge in [0.05, 0.1) is 26.5 Å². The van der Waals surface area contributed by atoms with Crippen molar-refractivity contribution in [1.29, 1.82) is 0 Å². The van der Waals surface area contributed by atoms with Gasteiger partial charge in [0.15, 0.2) is 11.5 Å². The zero-order chi connectivity index (χ0) is 18.0. The van der Waals surface area contributed by atoms with Crippen LogP contribution in [0.25, 0.3) is 0 Å². The third-order valence-corrected chi connectivity index (χ3v) is 3.96. The number of methoxy groups -OCH3 is 2. The van der Waals surface area contributed by atoms with Crippen LogP contribution >= 0.6 is 0 Å². The molecule has 25 heavy (non-hydrogen) atoms. The second-order valence-electron chi connectivity index (χ2n) is 5.71. The summed E-state index contributed by atoms with van der Waals surface area (Å²) in [7, 11) is 3.07. The topological polar surface area (TPSA) is 85.7 Å². The number of benzene rings is 1. The molecule has 0 aliphatic carbocycles. The third kappa shape index (κ3) is 3.42. The standard InChI is InChI=1S/C17H20N4O4/c1-11-8-16-20(17(23)6-7-21(16)19-11)10-15(22)18-12-4-5-13(24-2)14(9-12)25-3/h4-5,8-9H,6-7,10H2,1-3H3,(H,18,22). The number of amides is 2. The van der Waals surface area contributed by atoms with Crippen LogP contribution in [0.15, 0.2) is 24.3 Å². The van der Waals surface area contributed by atoms with E-state index in [1.54, 1.807) is 36.1 Å². The van der Waals surface area contributed by atoms with E-state index in [1.807, 2.05) is 6.92 Å². The Morgan fingerprint density at radius 1 is 1.24 bits per heavy atom. The van der Waals surface area contributed by atoms with E-state index >= 15 is 0 Å². The van der Waals surface area contributed by atoms with Gasteiger partial charge in [-0.3, -0.25) is 14.5 Å². The third-order valence-electron chi connectivity index (χ3n) is 3.96. The van der Waals surface area contributed by atoms with Crippen molar-refractivity contribution in [3.05, 3.63) is 30.0 Å². The minimum Gasteiger partial charge on any atom is -0.493 e. The van der Waals surface area contributed by atoms with E-state index < -0.39 is 0 Å². The summed E-state index contributed by atoms with van der Waals surface area (Å²) in [6, 6.07) is 6.90. The molecule has 8 heteroatoms. The van der Waals surface area contributed by atoms with Gasteiger partial charge in [0.1, 0.15) is 12.4 Å². The van der Waals surface area contributed by atoms with Crippen LogP contribution in [0, 0.1) is 6.92 Å². The molecule has 0 atom stereocenters. The molecule has 8 nitrogen and oxygen atoms in total. The highest BCUT2D eigenvalue weighted by Crippen LogP contribution is 2.30. The monoisotopic (exact) mass is 344 g/mol. The maximum absolute atomic E-state index is 12.4. The maximum atomic E-state index is 12.4. The molecule has 0 bridgehead atoms. The van der Waals surface area contributed by atoms with Gasteiger partial charge >= 0.3 is 0 Å². The fourth-order valence-electron chi connectivity index (χ4n) is 2.81. The summed E-state index contributed by atoms with van der Waals surface area (Å²) < 4.78 is 12.1. The number of carbonyl (C=O) groups excluding carboxylic acids is 2. The molecule has 0 saturated heterocycles. The number of nitrogens with one attached hydrogen (secondary N) is 1. The van der Waals surface area contributed by atoms with E-state index in [9.17, 15) is 9.59 Å². The minimum absolute atomic E-state index is 0.0711. The first-order valence-corrected chi connectivity index (χ1v) is 7.88. The van der Waals surface area contributed by atoms with Crippen LogP contribution < -0.4 is 19.7 Å². The zero-order valence-electron chi connectivity index (χ0n) is 14.4. The smallest absolute Gasteiger partial charge is 0.244 e. The quantitative estimate of drug-likeness (QED) is 0.890. The first kappa shape index (κ1) is 16.8. The second kappa shape index (κ2) is 6.84. The van der Waals surface area contributed by atoms with E-state index in [4.69, 9.17) is 9.47 Å². The van der Waals surface area contributed by atoms with Crippen LogP contribution in [0.1, 0.15) is 12.1 Å². The molecule has 0 saturated carbocycles. The Morgan fingerprint density at radius 2 is 2.00 bits per heavy atom. The highest BCUT2D eigenvalue weighted by atomic mass is 16.5. The van der Waals surface area contributed by atoms with Gasteiger partial charge < -0.3 is 14.8 Å². The normalized spacial score (nSPS) is 13.4. The van der Waals surface area contributed by atoms with Crippen molar-refractivity contribution in [1.82, 2.24) is 9.78 Å². The first-order chi connectivity index (χ1) is 12.0. The predicted molar refractivity (Wildman–Crippen MR) is 92.1 cm³/mol. The molecule has 3 rings (SSSR count). The van der Waals surface area contributed by atoms with E-state index in [2.05, 4.69) is 10.4 Å². The van der Waals surface area contributed by atoms with Gasteiger partial charge in [-0.1, -0.05) is 0 Å². The van der Waals surface area contributed by atoms with Gasteiger partial charge in [-0.25, -0.2) is 4.68 Å². The fourth-order valence-corrected chi connectivity index (χ4v) is 2.81. The Morgan fingerprint density at radius 3 is 2.72 bits per heavy atom. The van der Waals surface area contributed by atoms with Crippen LogP contribution in [0.4, 0.5) is 11.5 Å². The van der Waals surface area contributed by atoms with Crippen molar-refractivity contribution in [2.45, 2.75) is 19.9 Å². The summed E-state index contributed by atoms with van der Waals surface area (Å²) in [4.78, 5) is 26.1. The number of ether oxygens (including phenoxy) is 2. The lowest BCUT2D eigenvalue weighted by molar-refractivity contribution is -0.122. The maximum Gasteiger partial charge on any atom is 0.244 e. The van der Waals surface area contributed by atoms with Gasteiger partial charge in [0.2, 0.25) is 11.8 Å². The van der Waals surface area contributed by atoms with Crippen molar-refractivity contribution in [3.63, 3.8) is 0 Å². The van der Waals surface area contributed by atoms with E-state index in [-0.39, 0.29) is 18.4 Å². The van der Waals surface area contributed by atoms with Crippen LogP contribution in [0.2, 0.25) is 0 Å². The molecule has 1 aromatic carbocycles. The number of hydrogen-bond acceptors (Lipinski definition) is 5. The number of rotatable bonds is 5. The molecule has 132 valence electrons. The molecule has 2 heterocycles. The summed E-state index contributed by atoms with van der Waals surface area (Å²) in [6.45, 7) is 2.33. The number of nitrogens with zero attached hydrogens (tertiary/aromatic N) is 3. The molecule has 2 aromatic rings. The number of aryl methyl sites for hydroxylation is 2. The van der Waals surface area contributed by atoms with Crippen molar-refractivity contribution in [2.75, 3.05) is 31.0 Å². The van der Waals surface area contributed by atoms with Crippen molar-refractivity contribution < 1.29 is 19.1 Å². The molecule has 0 spiro atoms. The molecule has 1 aliphatic heterocycles. The largest absolute Gasteiger partial charge is 0.493 e. The van der Waals surface area contributed by atoms with Crippen molar-refractivity contribution in [3.8, 4) is 11.5 Å². The van der Waals surface area contributed by atoms with E-state index in [0.29, 0.717) is 36.0 Å². The van der Waals surface area contributed by atoms with Crippen LogP contribution in [-0.4, -0.2) is 42.4 Å². The average Bonchev–Trinajstić information content (AvgIpc) is 2.98. The highest BCUT2D eigenvalue weighted by molar-refractivity contribution is 6.02. The van der Waals surface area contributed by atoms with Crippen molar-refractivity contribution >= 4 is 23.3 Å². The number of aromatic nitrogens is 2. The molecular weight excluding hydrogens is 324 g/mol. The molecule has 1 aromatic heterocycles. The summed E-state index contributed by atoms with van der Waals surface area (Å²) in [6.07, 6.45) is 0.331. The minimum atomic E-state index is -0.298.